The van der Waals surface area contributed by atoms with Crippen LogP contribution in [0.5, 0.6) is 0 Å². The SMILES string of the molecule is CN=C(NCc1nc(-c2ccc(Cl)cc2)no1)N(C)Cc1cnn(C)c1.I. The van der Waals surface area contributed by atoms with Gasteiger partial charge in [0, 0.05) is 50.0 Å². The predicted molar refractivity (Wildman–Crippen MR) is 115 cm³/mol. The number of rotatable bonds is 5. The van der Waals surface area contributed by atoms with Gasteiger partial charge in [0.25, 0.3) is 0 Å². The number of aryl methyl sites for hydroxylation is 1. The van der Waals surface area contributed by atoms with Crippen molar-refractivity contribution in [2.45, 2.75) is 13.1 Å². The standard InChI is InChI=1S/C17H20ClN7O.HI/c1-19-17(24(2)10-12-8-21-25(3)11-12)20-9-15-22-16(23-26-15)13-4-6-14(18)7-5-13;/h4-8,11H,9-10H2,1-3H3,(H,19,20);1H. The number of benzene rings is 1. The van der Waals surface area contributed by atoms with Crippen LogP contribution >= 0.6 is 35.6 Å². The Hall–Kier alpha value is -2.14. The Morgan fingerprint density at radius 3 is 2.70 bits per heavy atom. The summed E-state index contributed by atoms with van der Waals surface area (Å²) in [6.45, 7) is 1.07. The number of nitrogens with zero attached hydrogens (tertiary/aromatic N) is 6. The van der Waals surface area contributed by atoms with E-state index in [4.69, 9.17) is 16.1 Å². The number of guanidine groups is 1. The molecule has 2 aromatic heterocycles. The van der Waals surface area contributed by atoms with Crippen LogP contribution in [0.15, 0.2) is 46.2 Å². The van der Waals surface area contributed by atoms with E-state index in [0.29, 0.717) is 29.8 Å². The second kappa shape index (κ2) is 9.70. The number of hydrogen-bond acceptors (Lipinski definition) is 5. The summed E-state index contributed by atoms with van der Waals surface area (Å²) in [6.07, 6.45) is 3.81. The van der Waals surface area contributed by atoms with Crippen molar-refractivity contribution >= 4 is 41.5 Å². The maximum absolute atomic E-state index is 5.90. The van der Waals surface area contributed by atoms with Gasteiger partial charge in [-0.25, -0.2) is 0 Å². The Balaban J connectivity index is 0.00000261. The first-order chi connectivity index (χ1) is 12.5. The van der Waals surface area contributed by atoms with Crippen molar-refractivity contribution in [2.75, 3.05) is 14.1 Å². The van der Waals surface area contributed by atoms with Gasteiger partial charge in [0.05, 0.1) is 12.7 Å². The zero-order valence-electron chi connectivity index (χ0n) is 15.3. The highest BCUT2D eigenvalue weighted by molar-refractivity contribution is 14.0. The zero-order chi connectivity index (χ0) is 18.5. The summed E-state index contributed by atoms with van der Waals surface area (Å²) in [5, 5.41) is 12.1. The van der Waals surface area contributed by atoms with Gasteiger partial charge in [-0.1, -0.05) is 16.8 Å². The first-order valence-electron chi connectivity index (χ1n) is 8.03. The van der Waals surface area contributed by atoms with E-state index < -0.39 is 0 Å². The van der Waals surface area contributed by atoms with Gasteiger partial charge >= 0.3 is 0 Å². The fourth-order valence-electron chi connectivity index (χ4n) is 2.48. The topological polar surface area (TPSA) is 84.4 Å². The Morgan fingerprint density at radius 2 is 2.07 bits per heavy atom. The van der Waals surface area contributed by atoms with Crippen LogP contribution in [-0.4, -0.2) is 44.9 Å². The van der Waals surface area contributed by atoms with Crippen molar-refractivity contribution in [1.82, 2.24) is 30.1 Å². The van der Waals surface area contributed by atoms with E-state index in [9.17, 15) is 0 Å². The molecule has 0 aliphatic carbocycles. The minimum Gasteiger partial charge on any atom is -0.347 e. The van der Waals surface area contributed by atoms with Crippen LogP contribution in [0.1, 0.15) is 11.5 Å². The molecule has 0 saturated carbocycles. The molecule has 0 amide bonds. The van der Waals surface area contributed by atoms with E-state index in [2.05, 4.69) is 25.5 Å². The van der Waals surface area contributed by atoms with Crippen molar-refractivity contribution in [3.05, 3.63) is 53.1 Å². The molecule has 3 rings (SSSR count). The van der Waals surface area contributed by atoms with Gasteiger partial charge in [-0.05, 0) is 24.3 Å². The molecule has 144 valence electrons. The molecule has 27 heavy (non-hydrogen) atoms. The molecule has 0 saturated heterocycles. The molecular formula is C17H21ClIN7O. The van der Waals surface area contributed by atoms with Crippen LogP contribution in [-0.2, 0) is 20.1 Å². The molecule has 0 aliphatic rings. The monoisotopic (exact) mass is 501 g/mol. The van der Waals surface area contributed by atoms with Gasteiger partial charge in [-0.15, -0.1) is 24.0 Å². The summed E-state index contributed by atoms with van der Waals surface area (Å²) in [5.74, 6) is 1.73. The Labute approximate surface area is 179 Å². The van der Waals surface area contributed by atoms with Crippen molar-refractivity contribution in [2.24, 2.45) is 12.0 Å². The van der Waals surface area contributed by atoms with Gasteiger partial charge in [0.15, 0.2) is 5.96 Å². The minimum absolute atomic E-state index is 0. The quantitative estimate of drug-likeness (QED) is 0.329. The number of nitrogens with one attached hydrogen (secondary N) is 1. The third-order valence-electron chi connectivity index (χ3n) is 3.72. The van der Waals surface area contributed by atoms with Crippen molar-refractivity contribution in [1.29, 1.82) is 0 Å². The average Bonchev–Trinajstić information content (AvgIpc) is 3.25. The predicted octanol–water partition coefficient (Wildman–Crippen LogP) is 2.95. The number of aliphatic imine (C=N–C) groups is 1. The lowest BCUT2D eigenvalue weighted by Gasteiger charge is -2.20. The summed E-state index contributed by atoms with van der Waals surface area (Å²) in [6, 6.07) is 7.29. The summed E-state index contributed by atoms with van der Waals surface area (Å²) in [4.78, 5) is 10.7. The normalized spacial score (nSPS) is 11.2. The Bertz CT molecular complexity index is 891. The van der Waals surface area contributed by atoms with Crippen LogP contribution < -0.4 is 5.32 Å². The summed E-state index contributed by atoms with van der Waals surface area (Å²) < 4.78 is 7.08. The van der Waals surface area contributed by atoms with Crippen LogP contribution in [0, 0.1) is 0 Å². The first kappa shape index (κ1) is 21.2. The second-order valence-corrected chi connectivity index (χ2v) is 6.23. The lowest BCUT2D eigenvalue weighted by atomic mass is 10.2. The molecule has 0 fully saturated rings. The van der Waals surface area contributed by atoms with Crippen molar-refractivity contribution in [3.63, 3.8) is 0 Å². The maximum atomic E-state index is 5.90. The average molecular weight is 502 g/mol. The summed E-state index contributed by atoms with van der Waals surface area (Å²) >= 11 is 5.90. The van der Waals surface area contributed by atoms with Crippen LogP contribution in [0.3, 0.4) is 0 Å². The van der Waals surface area contributed by atoms with Gasteiger partial charge < -0.3 is 14.7 Å². The smallest absolute Gasteiger partial charge is 0.246 e. The summed E-state index contributed by atoms with van der Waals surface area (Å²) in [7, 11) is 5.58. The highest BCUT2D eigenvalue weighted by atomic mass is 127. The molecule has 0 spiro atoms. The largest absolute Gasteiger partial charge is 0.347 e. The van der Waals surface area contributed by atoms with E-state index >= 15 is 0 Å². The molecule has 1 N–H and O–H groups in total. The molecule has 8 nitrogen and oxygen atoms in total. The van der Waals surface area contributed by atoms with E-state index in [0.717, 1.165) is 17.1 Å². The third kappa shape index (κ3) is 5.67. The molecule has 1 aromatic carbocycles. The number of halogens is 2. The van der Waals surface area contributed by atoms with Crippen LogP contribution in [0.2, 0.25) is 5.02 Å². The number of aromatic nitrogens is 4. The van der Waals surface area contributed by atoms with Crippen molar-refractivity contribution in [3.8, 4) is 11.4 Å². The maximum Gasteiger partial charge on any atom is 0.246 e. The van der Waals surface area contributed by atoms with Gasteiger partial charge in [-0.3, -0.25) is 9.67 Å². The molecule has 0 aliphatic heterocycles. The lowest BCUT2D eigenvalue weighted by molar-refractivity contribution is 0.371. The van der Waals surface area contributed by atoms with E-state index in [1.54, 1.807) is 23.9 Å². The Kier molecular flexibility index (Phi) is 7.60. The molecule has 2 heterocycles. The molecular weight excluding hydrogens is 481 g/mol. The van der Waals surface area contributed by atoms with E-state index in [1.807, 2.05) is 43.5 Å². The van der Waals surface area contributed by atoms with Crippen LogP contribution in [0.4, 0.5) is 0 Å². The van der Waals surface area contributed by atoms with Gasteiger partial charge in [-0.2, -0.15) is 10.1 Å². The van der Waals surface area contributed by atoms with E-state index in [1.165, 1.54) is 0 Å². The van der Waals surface area contributed by atoms with Gasteiger partial charge in [0.1, 0.15) is 0 Å². The van der Waals surface area contributed by atoms with E-state index in [-0.39, 0.29) is 24.0 Å². The molecule has 0 bridgehead atoms. The molecule has 10 heteroatoms. The fraction of sp³-hybridized carbons (Fsp3) is 0.294. The first-order valence-corrected chi connectivity index (χ1v) is 8.41. The Morgan fingerprint density at radius 1 is 1.33 bits per heavy atom. The zero-order valence-corrected chi connectivity index (χ0v) is 18.3. The second-order valence-electron chi connectivity index (χ2n) is 5.80. The molecule has 3 aromatic rings. The molecule has 0 atom stereocenters. The van der Waals surface area contributed by atoms with Crippen molar-refractivity contribution < 1.29 is 4.52 Å². The van der Waals surface area contributed by atoms with Gasteiger partial charge in [0.2, 0.25) is 11.7 Å². The lowest BCUT2D eigenvalue weighted by Crippen LogP contribution is -2.38. The molecule has 0 radical (unpaired) electrons. The fourth-order valence-corrected chi connectivity index (χ4v) is 2.61. The van der Waals surface area contributed by atoms with Crippen LogP contribution in [0.25, 0.3) is 11.4 Å². The molecule has 0 unspecified atom stereocenters. The highest BCUT2D eigenvalue weighted by Gasteiger charge is 2.12. The summed E-state index contributed by atoms with van der Waals surface area (Å²) in [5.41, 5.74) is 1.95. The minimum atomic E-state index is 0. The third-order valence-corrected chi connectivity index (χ3v) is 3.97. The number of hydrogen-bond donors (Lipinski definition) is 1. The highest BCUT2D eigenvalue weighted by Crippen LogP contribution is 2.18.